The van der Waals surface area contributed by atoms with Gasteiger partial charge in [-0.1, -0.05) is 12.1 Å². The van der Waals surface area contributed by atoms with Gasteiger partial charge < -0.3 is 10.4 Å². The quantitative estimate of drug-likeness (QED) is 0.768. The second-order valence-electron chi connectivity index (χ2n) is 3.75. The smallest absolute Gasteiger partial charge is 0.0626 e. The fourth-order valence-corrected chi connectivity index (χ4v) is 1.70. The van der Waals surface area contributed by atoms with Crippen molar-refractivity contribution >= 4 is 0 Å². The minimum Gasteiger partial charge on any atom is -0.394 e. The molecule has 0 aliphatic heterocycles. The number of aliphatic hydroxyl groups is 1. The van der Waals surface area contributed by atoms with Crippen LogP contribution in [-0.2, 0) is 0 Å². The third kappa shape index (κ3) is 1.97. The van der Waals surface area contributed by atoms with Gasteiger partial charge >= 0.3 is 0 Å². The van der Waals surface area contributed by atoms with Crippen molar-refractivity contribution in [2.75, 3.05) is 13.7 Å². The molecular formula is C12H19NO. The number of hydrogen-bond acceptors (Lipinski definition) is 2. The molecule has 1 aromatic rings. The van der Waals surface area contributed by atoms with E-state index in [9.17, 15) is 5.11 Å². The first kappa shape index (κ1) is 11.2. The molecule has 2 N–H and O–H groups in total. The van der Waals surface area contributed by atoms with Crippen molar-refractivity contribution in [1.29, 1.82) is 0 Å². The van der Waals surface area contributed by atoms with Gasteiger partial charge in [0.1, 0.15) is 0 Å². The average molecular weight is 193 g/mol. The van der Waals surface area contributed by atoms with E-state index in [0.717, 1.165) is 0 Å². The molecular weight excluding hydrogens is 174 g/mol. The van der Waals surface area contributed by atoms with Crippen LogP contribution in [0.5, 0.6) is 0 Å². The summed E-state index contributed by atoms with van der Waals surface area (Å²) >= 11 is 0. The highest BCUT2D eigenvalue weighted by Gasteiger charge is 2.12. The molecule has 0 heterocycles. The minimum atomic E-state index is 0.0503. The third-order valence-electron chi connectivity index (χ3n) is 3.01. The summed E-state index contributed by atoms with van der Waals surface area (Å²) in [6, 6.07) is 4.25. The summed E-state index contributed by atoms with van der Waals surface area (Å²) in [4.78, 5) is 0. The van der Waals surface area contributed by atoms with Crippen molar-refractivity contribution in [2.45, 2.75) is 26.8 Å². The molecule has 0 saturated carbocycles. The molecule has 0 spiro atoms. The predicted octanol–water partition coefficient (Wildman–Crippen LogP) is 1.86. The molecule has 0 bridgehead atoms. The Labute approximate surface area is 86.0 Å². The van der Waals surface area contributed by atoms with Crippen molar-refractivity contribution in [3.8, 4) is 0 Å². The van der Waals surface area contributed by atoms with E-state index >= 15 is 0 Å². The lowest BCUT2D eigenvalue weighted by molar-refractivity contribution is 0.250. The van der Waals surface area contributed by atoms with E-state index in [1.807, 2.05) is 7.05 Å². The van der Waals surface area contributed by atoms with Crippen LogP contribution in [0.4, 0.5) is 0 Å². The second kappa shape index (κ2) is 4.58. The Kier molecular flexibility index (Phi) is 3.67. The highest BCUT2D eigenvalue weighted by atomic mass is 16.3. The van der Waals surface area contributed by atoms with Crippen LogP contribution in [0.25, 0.3) is 0 Å². The summed E-state index contributed by atoms with van der Waals surface area (Å²) in [6.07, 6.45) is 0. The van der Waals surface area contributed by atoms with Gasteiger partial charge in [-0.25, -0.2) is 0 Å². The Bertz CT molecular complexity index is 316. The van der Waals surface area contributed by atoms with Crippen molar-refractivity contribution in [2.24, 2.45) is 0 Å². The van der Waals surface area contributed by atoms with Gasteiger partial charge in [0.15, 0.2) is 0 Å². The van der Waals surface area contributed by atoms with Crippen LogP contribution in [-0.4, -0.2) is 18.8 Å². The van der Waals surface area contributed by atoms with Gasteiger partial charge in [-0.3, -0.25) is 0 Å². The van der Waals surface area contributed by atoms with Crippen LogP contribution in [0, 0.1) is 20.8 Å². The number of likely N-dealkylation sites (N-methyl/N-ethyl adjacent to an activating group) is 1. The molecule has 0 aliphatic rings. The van der Waals surface area contributed by atoms with E-state index in [-0.39, 0.29) is 12.6 Å². The Balaban J connectivity index is 3.16. The molecule has 14 heavy (non-hydrogen) atoms. The highest BCUT2D eigenvalue weighted by Crippen LogP contribution is 2.22. The van der Waals surface area contributed by atoms with Crippen LogP contribution < -0.4 is 5.32 Å². The van der Waals surface area contributed by atoms with Crippen molar-refractivity contribution in [3.05, 3.63) is 34.4 Å². The summed E-state index contributed by atoms with van der Waals surface area (Å²) in [6.45, 7) is 6.48. The van der Waals surface area contributed by atoms with Crippen molar-refractivity contribution < 1.29 is 5.11 Å². The van der Waals surface area contributed by atoms with E-state index in [0.29, 0.717) is 0 Å². The molecule has 0 radical (unpaired) electrons. The van der Waals surface area contributed by atoms with Gasteiger partial charge in [0.25, 0.3) is 0 Å². The predicted molar refractivity (Wildman–Crippen MR) is 59.5 cm³/mol. The van der Waals surface area contributed by atoms with Gasteiger partial charge in [0, 0.05) is 0 Å². The van der Waals surface area contributed by atoms with Crippen molar-refractivity contribution in [1.82, 2.24) is 5.32 Å². The number of benzene rings is 1. The van der Waals surface area contributed by atoms with Gasteiger partial charge in [-0.15, -0.1) is 0 Å². The number of rotatable bonds is 3. The van der Waals surface area contributed by atoms with E-state index in [1.54, 1.807) is 0 Å². The van der Waals surface area contributed by atoms with E-state index in [4.69, 9.17) is 0 Å². The molecule has 1 unspecified atom stereocenters. The first-order valence-electron chi connectivity index (χ1n) is 4.96. The summed E-state index contributed by atoms with van der Waals surface area (Å²) in [5.41, 5.74) is 5.09. The maximum atomic E-state index is 9.20. The summed E-state index contributed by atoms with van der Waals surface area (Å²) in [7, 11) is 1.87. The maximum Gasteiger partial charge on any atom is 0.0626 e. The number of aliphatic hydroxyl groups excluding tert-OH is 1. The Morgan fingerprint density at radius 2 is 1.86 bits per heavy atom. The van der Waals surface area contributed by atoms with Crippen LogP contribution >= 0.6 is 0 Å². The molecule has 78 valence electrons. The van der Waals surface area contributed by atoms with Crippen LogP contribution in [0.15, 0.2) is 12.1 Å². The average Bonchev–Trinajstić information content (AvgIpc) is 2.19. The zero-order chi connectivity index (χ0) is 10.7. The lowest BCUT2D eigenvalue weighted by Crippen LogP contribution is -2.21. The molecule has 0 aromatic heterocycles. The first-order valence-corrected chi connectivity index (χ1v) is 4.96. The molecule has 1 rings (SSSR count). The van der Waals surface area contributed by atoms with Crippen molar-refractivity contribution in [3.63, 3.8) is 0 Å². The molecule has 0 aliphatic carbocycles. The second-order valence-corrected chi connectivity index (χ2v) is 3.75. The molecule has 0 saturated heterocycles. The van der Waals surface area contributed by atoms with Gasteiger partial charge in [0.05, 0.1) is 12.6 Å². The van der Waals surface area contributed by atoms with E-state index < -0.39 is 0 Å². The lowest BCUT2D eigenvalue weighted by atomic mass is 9.95. The molecule has 1 aromatic carbocycles. The number of nitrogens with one attached hydrogen (secondary N) is 1. The third-order valence-corrected chi connectivity index (χ3v) is 3.01. The van der Waals surface area contributed by atoms with Gasteiger partial charge in [0.2, 0.25) is 0 Å². The van der Waals surface area contributed by atoms with Gasteiger partial charge in [-0.05, 0) is 50.1 Å². The molecule has 0 fully saturated rings. The summed E-state index contributed by atoms with van der Waals surface area (Å²) in [5, 5.41) is 12.3. The fourth-order valence-electron chi connectivity index (χ4n) is 1.70. The highest BCUT2D eigenvalue weighted by molar-refractivity contribution is 5.40. The molecule has 2 nitrogen and oxygen atoms in total. The summed E-state index contributed by atoms with van der Waals surface area (Å²) < 4.78 is 0. The zero-order valence-electron chi connectivity index (χ0n) is 9.39. The molecule has 2 heteroatoms. The van der Waals surface area contributed by atoms with E-state index in [1.165, 1.54) is 22.3 Å². The SMILES string of the molecule is CNC(CO)c1ccc(C)c(C)c1C. The zero-order valence-corrected chi connectivity index (χ0v) is 9.39. The Morgan fingerprint density at radius 1 is 1.21 bits per heavy atom. The molecule has 0 amide bonds. The van der Waals surface area contributed by atoms with Gasteiger partial charge in [-0.2, -0.15) is 0 Å². The number of aryl methyl sites for hydroxylation is 1. The minimum absolute atomic E-state index is 0.0503. The van der Waals surface area contributed by atoms with E-state index in [2.05, 4.69) is 38.2 Å². The standard InChI is InChI=1S/C12H19NO/c1-8-5-6-11(10(3)9(8)2)12(7-14)13-4/h5-6,12-14H,7H2,1-4H3. The topological polar surface area (TPSA) is 32.3 Å². The lowest BCUT2D eigenvalue weighted by Gasteiger charge is -2.18. The first-order chi connectivity index (χ1) is 6.61. The van der Waals surface area contributed by atoms with Crippen LogP contribution in [0.2, 0.25) is 0 Å². The maximum absolute atomic E-state index is 9.20. The van der Waals surface area contributed by atoms with Crippen LogP contribution in [0.1, 0.15) is 28.3 Å². The summed E-state index contributed by atoms with van der Waals surface area (Å²) in [5.74, 6) is 0. The largest absolute Gasteiger partial charge is 0.394 e. The number of hydrogen-bond donors (Lipinski definition) is 2. The fraction of sp³-hybridized carbons (Fsp3) is 0.500. The Morgan fingerprint density at radius 3 is 2.36 bits per heavy atom. The van der Waals surface area contributed by atoms with Crippen LogP contribution in [0.3, 0.4) is 0 Å². The monoisotopic (exact) mass is 193 g/mol. The Hall–Kier alpha value is -0.860. The normalized spacial score (nSPS) is 12.9. The molecule has 1 atom stereocenters.